The monoisotopic (exact) mass is 349 g/mol. The van der Waals surface area contributed by atoms with Crippen LogP contribution < -0.4 is 5.63 Å². The van der Waals surface area contributed by atoms with Crippen LogP contribution in [0.2, 0.25) is 0 Å². The number of alkyl halides is 2. The maximum atomic E-state index is 12.9. The molecule has 1 aromatic carbocycles. The second-order valence-corrected chi connectivity index (χ2v) is 5.88. The van der Waals surface area contributed by atoms with E-state index in [1.54, 1.807) is 24.9 Å². The zero-order chi connectivity index (χ0) is 18.1. The Bertz CT molecular complexity index is 965. The molecule has 132 valence electrons. The predicted octanol–water partition coefficient (Wildman–Crippen LogP) is 3.03. The molecule has 8 heteroatoms. The first-order valence-corrected chi connectivity index (χ1v) is 7.60. The Morgan fingerprint density at radius 3 is 2.84 bits per heavy atom. The number of imidazole rings is 1. The second kappa shape index (κ2) is 6.64. The SMILES string of the molecule is Cc1c(O)ccc2c(CN(C)Cc3nccn3C(F)F)cc(=O)oc12. The lowest BCUT2D eigenvalue weighted by atomic mass is 10.1. The summed E-state index contributed by atoms with van der Waals surface area (Å²) in [6.45, 7) is -0.465. The number of phenolic OH excluding ortho intramolecular Hbond substituents is 1. The molecule has 0 aliphatic rings. The van der Waals surface area contributed by atoms with E-state index in [4.69, 9.17) is 4.42 Å². The largest absolute Gasteiger partial charge is 0.508 e. The highest BCUT2D eigenvalue weighted by Gasteiger charge is 2.15. The van der Waals surface area contributed by atoms with Gasteiger partial charge in [-0.3, -0.25) is 9.47 Å². The molecule has 3 rings (SSSR count). The molecule has 0 aliphatic heterocycles. The third-order valence-electron chi connectivity index (χ3n) is 4.03. The first-order chi connectivity index (χ1) is 11.9. The number of aromatic hydroxyl groups is 1. The Morgan fingerprint density at radius 2 is 2.12 bits per heavy atom. The van der Waals surface area contributed by atoms with E-state index in [9.17, 15) is 18.7 Å². The van der Waals surface area contributed by atoms with Crippen molar-refractivity contribution in [3.8, 4) is 5.75 Å². The summed E-state index contributed by atoms with van der Waals surface area (Å²) in [6.07, 6.45) is 2.56. The van der Waals surface area contributed by atoms with E-state index in [1.165, 1.54) is 24.5 Å². The van der Waals surface area contributed by atoms with Gasteiger partial charge in [0.15, 0.2) is 0 Å². The quantitative estimate of drug-likeness (QED) is 0.717. The molecule has 0 atom stereocenters. The lowest BCUT2D eigenvalue weighted by Crippen LogP contribution is -2.21. The Morgan fingerprint density at radius 1 is 1.36 bits per heavy atom. The van der Waals surface area contributed by atoms with Crippen LogP contribution in [0.1, 0.15) is 23.5 Å². The van der Waals surface area contributed by atoms with Gasteiger partial charge in [-0.15, -0.1) is 0 Å². The van der Waals surface area contributed by atoms with Gasteiger partial charge in [0.2, 0.25) is 0 Å². The number of aryl methyl sites for hydroxylation is 1. The number of nitrogens with zero attached hydrogens (tertiary/aromatic N) is 3. The zero-order valence-electron chi connectivity index (χ0n) is 13.7. The molecule has 0 amide bonds. The maximum absolute atomic E-state index is 12.9. The predicted molar refractivity (Wildman–Crippen MR) is 87.5 cm³/mol. The summed E-state index contributed by atoms with van der Waals surface area (Å²) in [5.74, 6) is 0.277. The smallest absolute Gasteiger partial charge is 0.336 e. The topological polar surface area (TPSA) is 71.5 Å². The summed E-state index contributed by atoms with van der Waals surface area (Å²) in [5.41, 5.74) is 0.961. The number of hydrogen-bond acceptors (Lipinski definition) is 5. The Hall–Kier alpha value is -2.74. The molecule has 0 saturated heterocycles. The molecule has 0 fully saturated rings. The van der Waals surface area contributed by atoms with E-state index in [2.05, 4.69) is 4.98 Å². The van der Waals surface area contributed by atoms with Crippen molar-refractivity contribution in [3.63, 3.8) is 0 Å². The minimum atomic E-state index is -2.65. The first kappa shape index (κ1) is 17.1. The van der Waals surface area contributed by atoms with Crippen molar-refractivity contribution < 1.29 is 18.3 Å². The van der Waals surface area contributed by atoms with Crippen molar-refractivity contribution in [1.82, 2.24) is 14.5 Å². The zero-order valence-corrected chi connectivity index (χ0v) is 13.7. The van der Waals surface area contributed by atoms with Crippen LogP contribution in [0.3, 0.4) is 0 Å². The minimum Gasteiger partial charge on any atom is -0.508 e. The second-order valence-electron chi connectivity index (χ2n) is 5.88. The lowest BCUT2D eigenvalue weighted by molar-refractivity contribution is 0.0644. The molecule has 0 radical (unpaired) electrons. The van der Waals surface area contributed by atoms with E-state index in [-0.39, 0.29) is 18.1 Å². The normalized spacial score (nSPS) is 11.8. The highest BCUT2D eigenvalue weighted by Crippen LogP contribution is 2.28. The minimum absolute atomic E-state index is 0.0418. The standard InChI is InChI=1S/C17H17F2N3O3/c1-10-13(23)4-3-12-11(7-15(24)25-16(10)12)8-21(2)9-14-20-5-6-22(14)17(18)19/h3-7,17,23H,8-9H2,1-2H3. The molecule has 1 N–H and O–H groups in total. The number of halogens is 2. The molecular weight excluding hydrogens is 332 g/mol. The van der Waals surface area contributed by atoms with Gasteiger partial charge in [-0.25, -0.2) is 9.78 Å². The average Bonchev–Trinajstić information content (AvgIpc) is 2.99. The van der Waals surface area contributed by atoms with Crippen LogP contribution in [0.4, 0.5) is 8.78 Å². The summed E-state index contributed by atoms with van der Waals surface area (Å²) in [4.78, 5) is 17.6. The molecule has 0 saturated carbocycles. The van der Waals surface area contributed by atoms with Crippen LogP contribution >= 0.6 is 0 Å². The van der Waals surface area contributed by atoms with Gasteiger partial charge in [-0.2, -0.15) is 8.78 Å². The molecule has 0 spiro atoms. The average molecular weight is 349 g/mol. The fourth-order valence-electron chi connectivity index (χ4n) is 2.78. The lowest BCUT2D eigenvalue weighted by Gasteiger charge is -2.18. The summed E-state index contributed by atoms with van der Waals surface area (Å²) in [7, 11) is 1.75. The molecule has 6 nitrogen and oxygen atoms in total. The van der Waals surface area contributed by atoms with Crippen molar-refractivity contribution in [2.75, 3.05) is 7.05 Å². The van der Waals surface area contributed by atoms with E-state index >= 15 is 0 Å². The summed E-state index contributed by atoms with van der Waals surface area (Å²) in [5, 5.41) is 10.5. The number of benzene rings is 1. The van der Waals surface area contributed by atoms with Crippen molar-refractivity contribution in [2.24, 2.45) is 0 Å². The number of fused-ring (bicyclic) bond motifs is 1. The van der Waals surface area contributed by atoms with E-state index in [1.807, 2.05) is 0 Å². The first-order valence-electron chi connectivity index (χ1n) is 7.60. The van der Waals surface area contributed by atoms with Crippen LogP contribution in [0, 0.1) is 6.92 Å². The van der Waals surface area contributed by atoms with Crippen LogP contribution in [-0.2, 0) is 13.1 Å². The van der Waals surface area contributed by atoms with E-state index < -0.39 is 12.2 Å². The Kier molecular flexibility index (Phi) is 4.54. The Balaban J connectivity index is 1.91. The van der Waals surface area contributed by atoms with Crippen LogP contribution in [0.25, 0.3) is 11.0 Å². The van der Waals surface area contributed by atoms with Crippen molar-refractivity contribution in [3.05, 3.63) is 58.0 Å². The van der Waals surface area contributed by atoms with Crippen molar-refractivity contribution in [2.45, 2.75) is 26.6 Å². The highest BCUT2D eigenvalue weighted by molar-refractivity contribution is 5.84. The van der Waals surface area contributed by atoms with Crippen molar-refractivity contribution >= 4 is 11.0 Å². The van der Waals surface area contributed by atoms with Gasteiger partial charge >= 0.3 is 12.2 Å². The van der Waals surface area contributed by atoms with E-state index in [0.717, 1.165) is 4.57 Å². The Labute approximate surface area is 141 Å². The van der Waals surface area contributed by atoms with E-state index in [0.29, 0.717) is 28.6 Å². The highest BCUT2D eigenvalue weighted by atomic mass is 19.3. The molecular formula is C17H17F2N3O3. The van der Waals surface area contributed by atoms with Gasteiger partial charge < -0.3 is 9.52 Å². The molecule has 0 aliphatic carbocycles. The molecule has 2 aromatic heterocycles. The summed E-state index contributed by atoms with van der Waals surface area (Å²) in [6, 6.07) is 4.57. The van der Waals surface area contributed by atoms with Gasteiger partial charge in [0.25, 0.3) is 0 Å². The summed E-state index contributed by atoms with van der Waals surface area (Å²) < 4.78 is 31.8. The summed E-state index contributed by atoms with van der Waals surface area (Å²) >= 11 is 0. The third-order valence-corrected chi connectivity index (χ3v) is 4.03. The van der Waals surface area contributed by atoms with Gasteiger partial charge in [-0.1, -0.05) is 0 Å². The number of hydrogen-bond donors (Lipinski definition) is 1. The molecule has 25 heavy (non-hydrogen) atoms. The molecule has 3 aromatic rings. The van der Waals surface area contributed by atoms with Gasteiger partial charge in [0.05, 0.1) is 6.54 Å². The molecule has 0 bridgehead atoms. The maximum Gasteiger partial charge on any atom is 0.336 e. The number of rotatable bonds is 5. The van der Waals surface area contributed by atoms with Crippen LogP contribution in [0.5, 0.6) is 5.75 Å². The number of aromatic nitrogens is 2. The molecule has 2 heterocycles. The van der Waals surface area contributed by atoms with Gasteiger partial charge in [0, 0.05) is 36.0 Å². The fraction of sp³-hybridized carbons (Fsp3) is 0.294. The third kappa shape index (κ3) is 3.39. The molecule has 0 unspecified atom stereocenters. The van der Waals surface area contributed by atoms with Gasteiger partial charge in [-0.05, 0) is 31.7 Å². The van der Waals surface area contributed by atoms with Crippen molar-refractivity contribution in [1.29, 1.82) is 0 Å². The van der Waals surface area contributed by atoms with Crippen LogP contribution in [0.15, 0.2) is 39.8 Å². The number of phenols is 1. The van der Waals surface area contributed by atoms with Gasteiger partial charge in [0.1, 0.15) is 17.2 Å². The fourth-order valence-corrected chi connectivity index (χ4v) is 2.78. The van der Waals surface area contributed by atoms with Crippen LogP contribution in [-0.4, -0.2) is 26.6 Å².